The van der Waals surface area contributed by atoms with Crippen LogP contribution in [0, 0.1) is 6.92 Å². The van der Waals surface area contributed by atoms with Crippen molar-refractivity contribution >= 4 is 27.7 Å². The zero-order chi connectivity index (χ0) is 13.9. The van der Waals surface area contributed by atoms with E-state index in [-0.39, 0.29) is 0 Å². The molecular weight excluding hydrogens is 332 g/mol. The van der Waals surface area contributed by atoms with Gasteiger partial charge in [0.05, 0.1) is 0 Å². The summed E-state index contributed by atoms with van der Waals surface area (Å²) in [5, 5.41) is 4.63. The number of aryl methyl sites for hydroxylation is 1. The Balaban J connectivity index is 1.77. The molecule has 0 spiro atoms. The quantitative estimate of drug-likeness (QED) is 0.857. The number of hydrogen-bond acceptors (Lipinski definition) is 3. The first-order chi connectivity index (χ1) is 9.70. The van der Waals surface area contributed by atoms with E-state index < -0.39 is 0 Å². The predicted molar refractivity (Wildman–Crippen MR) is 87.1 cm³/mol. The molecule has 1 aliphatic carbocycles. The van der Waals surface area contributed by atoms with Gasteiger partial charge in [0.1, 0.15) is 5.03 Å². The molecule has 0 saturated heterocycles. The fraction of sp³-hybridized carbons (Fsp3) is 0.312. The number of nitrogens with zero attached hydrogens (tertiary/aromatic N) is 1. The van der Waals surface area contributed by atoms with E-state index in [1.807, 2.05) is 18.3 Å². The van der Waals surface area contributed by atoms with E-state index in [1.165, 1.54) is 28.9 Å². The molecule has 1 saturated carbocycles. The van der Waals surface area contributed by atoms with Gasteiger partial charge in [-0.25, -0.2) is 4.98 Å². The van der Waals surface area contributed by atoms with Crippen LogP contribution >= 0.6 is 27.7 Å². The first-order valence-corrected chi connectivity index (χ1v) is 8.44. The standard InChI is InChI=1S/C16H17BrN2S/c1-11-2-6-15(12(8-11)9-18-14-4-5-14)20-16-7-3-13(17)10-19-16/h2-3,6-8,10,14,18H,4-5,9H2,1H3. The van der Waals surface area contributed by atoms with Gasteiger partial charge < -0.3 is 5.32 Å². The molecule has 104 valence electrons. The van der Waals surface area contributed by atoms with Crippen LogP contribution in [0.2, 0.25) is 0 Å². The van der Waals surface area contributed by atoms with E-state index in [0.29, 0.717) is 0 Å². The molecule has 2 nitrogen and oxygen atoms in total. The molecule has 0 radical (unpaired) electrons. The van der Waals surface area contributed by atoms with Gasteiger partial charge in [0.15, 0.2) is 0 Å². The summed E-state index contributed by atoms with van der Waals surface area (Å²) < 4.78 is 1.02. The third kappa shape index (κ3) is 3.84. The van der Waals surface area contributed by atoms with Crippen LogP contribution in [-0.2, 0) is 6.54 Å². The van der Waals surface area contributed by atoms with E-state index >= 15 is 0 Å². The third-order valence-electron chi connectivity index (χ3n) is 3.29. The van der Waals surface area contributed by atoms with Gasteiger partial charge in [-0.2, -0.15) is 0 Å². The molecule has 1 fully saturated rings. The Labute approximate surface area is 132 Å². The van der Waals surface area contributed by atoms with Crippen molar-refractivity contribution in [3.05, 3.63) is 52.1 Å². The van der Waals surface area contributed by atoms with Gasteiger partial charge in [0.25, 0.3) is 0 Å². The van der Waals surface area contributed by atoms with Gasteiger partial charge in [0, 0.05) is 28.2 Å². The highest BCUT2D eigenvalue weighted by Crippen LogP contribution is 2.31. The second kappa shape index (κ2) is 6.29. The first-order valence-electron chi connectivity index (χ1n) is 6.83. The molecule has 0 unspecified atom stereocenters. The zero-order valence-corrected chi connectivity index (χ0v) is 13.8. The number of hydrogen-bond donors (Lipinski definition) is 1. The Morgan fingerprint density at radius 1 is 1.30 bits per heavy atom. The fourth-order valence-electron chi connectivity index (χ4n) is 2.02. The van der Waals surface area contributed by atoms with Gasteiger partial charge in [0.2, 0.25) is 0 Å². The summed E-state index contributed by atoms with van der Waals surface area (Å²) in [5.74, 6) is 0. The molecule has 1 aromatic carbocycles. The molecule has 1 aromatic heterocycles. The minimum atomic E-state index is 0.735. The zero-order valence-electron chi connectivity index (χ0n) is 11.4. The highest BCUT2D eigenvalue weighted by molar-refractivity contribution is 9.10. The summed E-state index contributed by atoms with van der Waals surface area (Å²) in [6.45, 7) is 3.10. The lowest BCUT2D eigenvalue weighted by atomic mass is 10.1. The van der Waals surface area contributed by atoms with Crippen molar-refractivity contribution < 1.29 is 0 Å². The van der Waals surface area contributed by atoms with Crippen LogP contribution in [0.1, 0.15) is 24.0 Å². The fourth-order valence-corrected chi connectivity index (χ4v) is 3.12. The Morgan fingerprint density at radius 3 is 2.85 bits per heavy atom. The van der Waals surface area contributed by atoms with Crippen LogP contribution in [0.5, 0.6) is 0 Å². The molecule has 1 heterocycles. The molecule has 1 aliphatic rings. The third-order valence-corrected chi connectivity index (χ3v) is 4.83. The van der Waals surface area contributed by atoms with E-state index in [0.717, 1.165) is 22.1 Å². The smallest absolute Gasteiger partial charge is 0.101 e. The van der Waals surface area contributed by atoms with Crippen molar-refractivity contribution in [2.45, 2.75) is 42.3 Å². The Bertz CT molecular complexity index is 594. The number of rotatable bonds is 5. The second-order valence-electron chi connectivity index (χ2n) is 5.18. The molecular formula is C16H17BrN2S. The topological polar surface area (TPSA) is 24.9 Å². The van der Waals surface area contributed by atoms with Crippen molar-refractivity contribution in [2.75, 3.05) is 0 Å². The number of halogens is 1. The van der Waals surface area contributed by atoms with Crippen molar-refractivity contribution in [3.63, 3.8) is 0 Å². The normalized spacial score (nSPS) is 14.5. The van der Waals surface area contributed by atoms with Gasteiger partial charge in [-0.3, -0.25) is 0 Å². The molecule has 20 heavy (non-hydrogen) atoms. The van der Waals surface area contributed by atoms with E-state index in [2.05, 4.69) is 51.4 Å². The Morgan fingerprint density at radius 2 is 2.15 bits per heavy atom. The van der Waals surface area contributed by atoms with Crippen molar-refractivity contribution in [3.8, 4) is 0 Å². The van der Waals surface area contributed by atoms with Crippen molar-refractivity contribution in [2.24, 2.45) is 0 Å². The van der Waals surface area contributed by atoms with E-state index in [4.69, 9.17) is 0 Å². The maximum atomic E-state index is 4.44. The second-order valence-corrected chi connectivity index (χ2v) is 7.16. The molecule has 0 amide bonds. The van der Waals surface area contributed by atoms with E-state index in [1.54, 1.807) is 11.8 Å². The number of pyridine rings is 1. The molecule has 2 aromatic rings. The first kappa shape index (κ1) is 14.1. The lowest BCUT2D eigenvalue weighted by Gasteiger charge is -2.11. The number of benzene rings is 1. The lowest BCUT2D eigenvalue weighted by Crippen LogP contribution is -2.15. The Hall–Kier alpha value is -0.840. The van der Waals surface area contributed by atoms with Gasteiger partial charge in [-0.1, -0.05) is 29.5 Å². The SMILES string of the molecule is Cc1ccc(Sc2ccc(Br)cn2)c(CNC2CC2)c1. The van der Waals surface area contributed by atoms with Crippen LogP contribution in [0.25, 0.3) is 0 Å². The average Bonchev–Trinajstić information content (AvgIpc) is 3.25. The highest BCUT2D eigenvalue weighted by atomic mass is 79.9. The predicted octanol–water partition coefficient (Wildman–Crippen LogP) is 4.56. The van der Waals surface area contributed by atoms with Crippen molar-refractivity contribution in [1.29, 1.82) is 0 Å². The molecule has 3 rings (SSSR count). The summed E-state index contributed by atoms with van der Waals surface area (Å²) in [7, 11) is 0. The largest absolute Gasteiger partial charge is 0.310 e. The van der Waals surface area contributed by atoms with E-state index in [9.17, 15) is 0 Å². The Kier molecular flexibility index (Phi) is 4.44. The van der Waals surface area contributed by atoms with Crippen LogP contribution in [0.4, 0.5) is 0 Å². The van der Waals surface area contributed by atoms with Gasteiger partial charge in [-0.05, 0) is 59.5 Å². The summed E-state index contributed by atoms with van der Waals surface area (Å²) in [6, 6.07) is 11.5. The van der Waals surface area contributed by atoms with Crippen LogP contribution in [-0.4, -0.2) is 11.0 Å². The molecule has 0 aliphatic heterocycles. The molecule has 0 bridgehead atoms. The van der Waals surface area contributed by atoms with Gasteiger partial charge in [-0.15, -0.1) is 0 Å². The maximum absolute atomic E-state index is 4.44. The van der Waals surface area contributed by atoms with Gasteiger partial charge >= 0.3 is 0 Å². The maximum Gasteiger partial charge on any atom is 0.101 e. The van der Waals surface area contributed by atoms with Crippen LogP contribution in [0.15, 0.2) is 50.9 Å². The minimum absolute atomic E-state index is 0.735. The summed E-state index contributed by atoms with van der Waals surface area (Å²) >= 11 is 5.15. The molecule has 1 N–H and O–H groups in total. The average molecular weight is 349 g/mol. The summed E-state index contributed by atoms with van der Waals surface area (Å²) in [5.41, 5.74) is 2.68. The minimum Gasteiger partial charge on any atom is -0.310 e. The van der Waals surface area contributed by atoms with Crippen LogP contribution in [0.3, 0.4) is 0 Å². The lowest BCUT2D eigenvalue weighted by molar-refractivity contribution is 0.680. The summed E-state index contributed by atoms with van der Waals surface area (Å²) in [6.07, 6.45) is 4.49. The number of aromatic nitrogens is 1. The summed E-state index contributed by atoms with van der Waals surface area (Å²) in [4.78, 5) is 5.73. The van der Waals surface area contributed by atoms with Crippen LogP contribution < -0.4 is 5.32 Å². The number of nitrogens with one attached hydrogen (secondary N) is 1. The monoisotopic (exact) mass is 348 g/mol. The van der Waals surface area contributed by atoms with Crippen molar-refractivity contribution in [1.82, 2.24) is 10.3 Å². The molecule has 4 heteroatoms. The highest BCUT2D eigenvalue weighted by Gasteiger charge is 2.20. The molecule has 0 atom stereocenters.